The van der Waals surface area contributed by atoms with E-state index in [1.54, 1.807) is 20.2 Å². The Balaban J connectivity index is 1.64. The molecule has 3 aliphatic rings. The average Bonchev–Trinajstić information content (AvgIpc) is 2.89. The first-order chi connectivity index (χ1) is 19.3. The third-order valence-electron chi connectivity index (χ3n) is 8.88. The van der Waals surface area contributed by atoms with Gasteiger partial charge in [0, 0.05) is 11.5 Å². The number of aryl methyl sites for hydroxylation is 1. The number of fused-ring (bicyclic) bond motifs is 3. The minimum absolute atomic E-state index is 0.0506. The highest BCUT2D eigenvalue weighted by atomic mass is 16.3. The molecule has 2 aromatic carbocycles. The Morgan fingerprint density at radius 2 is 1.73 bits per heavy atom. The van der Waals surface area contributed by atoms with Crippen LogP contribution >= 0.6 is 0 Å². The van der Waals surface area contributed by atoms with Gasteiger partial charge >= 0.3 is 0 Å². The predicted molar refractivity (Wildman–Crippen MR) is 153 cm³/mol. The van der Waals surface area contributed by atoms with Gasteiger partial charge < -0.3 is 26.2 Å². The number of primary amides is 1. The van der Waals surface area contributed by atoms with E-state index in [1.807, 2.05) is 12.1 Å². The molecule has 1 saturated carbocycles. The maximum absolute atomic E-state index is 14.0. The van der Waals surface area contributed by atoms with Crippen molar-refractivity contribution >= 4 is 23.2 Å². The van der Waals surface area contributed by atoms with Gasteiger partial charge in [0.2, 0.25) is 5.78 Å². The summed E-state index contributed by atoms with van der Waals surface area (Å²) in [6.07, 6.45) is 2.32. The van der Waals surface area contributed by atoms with Crippen LogP contribution in [0.3, 0.4) is 0 Å². The largest absolute Gasteiger partial charge is 0.508 e. The van der Waals surface area contributed by atoms with Gasteiger partial charge in [0.05, 0.1) is 11.6 Å². The number of phenols is 1. The van der Waals surface area contributed by atoms with Crippen molar-refractivity contribution in [3.05, 3.63) is 70.0 Å². The number of benzene rings is 2. The number of nitrogens with two attached hydrogens (primary N) is 1. The molecule has 9 nitrogen and oxygen atoms in total. The smallest absolute Gasteiger partial charge is 0.255 e. The van der Waals surface area contributed by atoms with Crippen LogP contribution in [-0.4, -0.2) is 68.5 Å². The Morgan fingerprint density at radius 3 is 2.32 bits per heavy atom. The normalized spacial score (nSPS) is 25.9. The molecule has 0 saturated heterocycles. The molecule has 1 unspecified atom stereocenters. The fourth-order valence-corrected chi connectivity index (χ4v) is 6.82. The van der Waals surface area contributed by atoms with Crippen molar-refractivity contribution < 1.29 is 34.8 Å². The molecule has 0 radical (unpaired) electrons. The van der Waals surface area contributed by atoms with E-state index in [2.05, 4.69) is 26.0 Å². The number of aliphatic hydroxyl groups is 3. The first-order valence-corrected chi connectivity index (χ1v) is 13.9. The number of amides is 1. The summed E-state index contributed by atoms with van der Waals surface area (Å²) in [5.41, 5.74) is 5.35. The molecule has 216 valence electrons. The fourth-order valence-electron chi connectivity index (χ4n) is 6.82. The van der Waals surface area contributed by atoms with Crippen molar-refractivity contribution in [1.29, 1.82) is 0 Å². The molecule has 2 aromatic rings. The highest BCUT2D eigenvalue weighted by Crippen LogP contribution is 2.53. The van der Waals surface area contributed by atoms with E-state index in [1.165, 1.54) is 16.5 Å². The van der Waals surface area contributed by atoms with Crippen molar-refractivity contribution in [3.8, 4) is 16.9 Å². The number of hydrogen-bond acceptors (Lipinski definition) is 8. The minimum atomic E-state index is -2.65. The second-order valence-electron chi connectivity index (χ2n) is 12.1. The number of rotatable bonds is 6. The van der Waals surface area contributed by atoms with E-state index in [0.29, 0.717) is 11.5 Å². The number of Topliss-reactive ketones (excluding diaryl/α,β-unsaturated/α-hetero) is 2. The summed E-state index contributed by atoms with van der Waals surface area (Å²) in [4.78, 5) is 40.9. The van der Waals surface area contributed by atoms with Gasteiger partial charge in [0.15, 0.2) is 11.4 Å². The molecule has 1 amide bonds. The summed E-state index contributed by atoms with van der Waals surface area (Å²) in [5, 5.41) is 45.0. The van der Waals surface area contributed by atoms with Crippen LogP contribution in [0, 0.1) is 17.8 Å². The van der Waals surface area contributed by atoms with E-state index < -0.39 is 58.0 Å². The second-order valence-corrected chi connectivity index (χ2v) is 12.1. The molecule has 0 spiro atoms. The lowest BCUT2D eigenvalue weighted by Gasteiger charge is -2.50. The molecular weight excluding hydrogens is 524 g/mol. The van der Waals surface area contributed by atoms with Crippen molar-refractivity contribution in [2.75, 3.05) is 14.1 Å². The van der Waals surface area contributed by atoms with Gasteiger partial charge in [-0.3, -0.25) is 19.3 Å². The number of aliphatic hydroxyl groups excluding tert-OH is 2. The van der Waals surface area contributed by atoms with Crippen LogP contribution in [0.5, 0.6) is 5.75 Å². The zero-order valence-corrected chi connectivity index (χ0v) is 23.6. The van der Waals surface area contributed by atoms with Crippen LogP contribution < -0.4 is 5.73 Å². The van der Waals surface area contributed by atoms with E-state index in [9.17, 15) is 34.8 Å². The number of aromatic hydroxyl groups is 1. The zero-order chi connectivity index (χ0) is 30.0. The number of hydrogen-bond donors (Lipinski definition) is 5. The van der Waals surface area contributed by atoms with Crippen LogP contribution in [-0.2, 0) is 27.2 Å². The first-order valence-electron chi connectivity index (χ1n) is 13.9. The number of phenolic OH excluding ortho intramolecular Hbond substituents is 1. The number of likely N-dealkylation sites (N-methyl/N-ethyl adjacent to an activating group) is 1. The summed E-state index contributed by atoms with van der Waals surface area (Å²) in [6, 6.07) is 10.2. The second kappa shape index (κ2) is 10.2. The highest BCUT2D eigenvalue weighted by Gasteiger charge is 2.64. The summed E-state index contributed by atoms with van der Waals surface area (Å²) in [5.74, 6) is -6.01. The Bertz CT molecular complexity index is 1520. The monoisotopic (exact) mass is 560 g/mol. The van der Waals surface area contributed by atoms with Crippen LogP contribution in [0.25, 0.3) is 16.9 Å². The molecule has 3 aliphatic carbocycles. The summed E-state index contributed by atoms with van der Waals surface area (Å²) < 4.78 is 0. The van der Waals surface area contributed by atoms with E-state index >= 15 is 0 Å². The van der Waals surface area contributed by atoms with Crippen LogP contribution in [0.15, 0.2) is 53.3 Å². The Morgan fingerprint density at radius 1 is 1.07 bits per heavy atom. The van der Waals surface area contributed by atoms with Crippen molar-refractivity contribution in [1.82, 2.24) is 4.90 Å². The Labute approximate surface area is 238 Å². The van der Waals surface area contributed by atoms with E-state index in [-0.39, 0.29) is 29.7 Å². The number of carbonyl (C=O) groups excluding carboxylic acids is 3. The first kappa shape index (κ1) is 28.6. The lowest BCUT2D eigenvalue weighted by Crippen LogP contribution is -2.65. The molecule has 0 aliphatic heterocycles. The predicted octanol–water partition coefficient (Wildman–Crippen LogP) is 3.22. The molecule has 41 heavy (non-hydrogen) atoms. The van der Waals surface area contributed by atoms with Crippen molar-refractivity contribution in [2.45, 2.75) is 51.2 Å². The lowest BCUT2D eigenvalue weighted by molar-refractivity contribution is -0.153. The molecule has 0 bridgehead atoms. The van der Waals surface area contributed by atoms with Gasteiger partial charge in [0.25, 0.3) is 5.91 Å². The minimum Gasteiger partial charge on any atom is -0.508 e. The van der Waals surface area contributed by atoms with Crippen molar-refractivity contribution in [3.63, 3.8) is 0 Å². The van der Waals surface area contributed by atoms with Gasteiger partial charge in [-0.05, 0) is 79.9 Å². The van der Waals surface area contributed by atoms with Gasteiger partial charge in [-0.15, -0.1) is 0 Å². The molecule has 1 fully saturated rings. The molecule has 6 N–H and O–H groups in total. The van der Waals surface area contributed by atoms with Gasteiger partial charge in [0.1, 0.15) is 22.8 Å². The van der Waals surface area contributed by atoms with Crippen molar-refractivity contribution in [2.24, 2.45) is 23.5 Å². The van der Waals surface area contributed by atoms with Crippen LogP contribution in [0.1, 0.15) is 43.4 Å². The highest BCUT2D eigenvalue weighted by molar-refractivity contribution is 6.24. The molecule has 5 rings (SSSR count). The number of nitrogens with zero attached hydrogens (tertiary/aromatic N) is 1. The molecule has 0 heterocycles. The van der Waals surface area contributed by atoms with Gasteiger partial charge in [-0.2, -0.15) is 0 Å². The number of ketones is 2. The topological polar surface area (TPSA) is 161 Å². The summed E-state index contributed by atoms with van der Waals surface area (Å²) in [7, 11) is 3.16. The van der Waals surface area contributed by atoms with Gasteiger partial charge in [-0.25, -0.2) is 0 Å². The van der Waals surface area contributed by atoms with E-state index in [0.717, 1.165) is 24.0 Å². The maximum Gasteiger partial charge on any atom is 0.255 e. The van der Waals surface area contributed by atoms with Crippen LogP contribution in [0.4, 0.5) is 0 Å². The molecular formula is C32H36N2O7. The summed E-state index contributed by atoms with van der Waals surface area (Å²) >= 11 is 0. The maximum atomic E-state index is 14.0. The Kier molecular flexibility index (Phi) is 7.07. The standard InChI is InChI=1S/C32H36N2O7/c1-15(2)5-6-16-7-9-17(10-8-16)19-11-12-22(35)24-20(19)13-18-14-21-26(34(3)4)28(37)25(31(33)40)30(39)32(21,41)29(38)23(18)27(24)36/h7-12,15,18,21,26,35-36,39,41H,5-6,13-14H2,1-4H3,(H2,33,40)/t18-,21-,26?,32-/m1/s1. The van der Waals surface area contributed by atoms with Gasteiger partial charge in [-0.1, -0.05) is 44.2 Å². The lowest BCUT2D eigenvalue weighted by atomic mass is 9.57. The third kappa shape index (κ3) is 4.35. The van der Waals surface area contributed by atoms with E-state index in [4.69, 9.17) is 5.73 Å². The fraction of sp³-hybridized carbons (Fsp3) is 0.406. The SMILES string of the molecule is CC(C)CCc1ccc(-c2ccc(O)c3c2C[C@@H]2C[C@@H]4C(N(C)C)C(=O)C(C(N)=O)=C(O)[C@]4(O)C(=O)C2=C3O)cc1. The quantitative estimate of drug-likeness (QED) is 0.337. The summed E-state index contributed by atoms with van der Waals surface area (Å²) in [6.45, 7) is 4.36. The average molecular weight is 561 g/mol. The molecule has 4 atom stereocenters. The zero-order valence-electron chi connectivity index (χ0n) is 23.6. The molecule has 9 heteroatoms. The number of carbonyl (C=O) groups is 3. The molecule has 0 aromatic heterocycles. The van der Waals surface area contributed by atoms with Crippen LogP contribution in [0.2, 0.25) is 0 Å². The third-order valence-corrected chi connectivity index (χ3v) is 8.88. The Hall–Kier alpha value is -3.95.